The van der Waals surface area contributed by atoms with Crippen molar-refractivity contribution in [3.8, 4) is 0 Å². The molecule has 1 aliphatic heterocycles. The number of hydrogen-bond acceptors (Lipinski definition) is 7. The minimum atomic E-state index is -3.50. The maximum Gasteiger partial charge on any atom is 0.264 e. The highest BCUT2D eigenvalue weighted by Gasteiger charge is 2.44. The number of thiophene rings is 1. The van der Waals surface area contributed by atoms with Crippen molar-refractivity contribution < 1.29 is 22.1 Å². The summed E-state index contributed by atoms with van der Waals surface area (Å²) in [4.78, 5) is 4.94. The van der Waals surface area contributed by atoms with Crippen molar-refractivity contribution in [3.63, 3.8) is 0 Å². The largest absolute Gasteiger partial charge is 0.341 e. The van der Waals surface area contributed by atoms with Gasteiger partial charge < -0.3 is 14.0 Å². The van der Waals surface area contributed by atoms with Crippen molar-refractivity contribution in [1.82, 2.24) is 9.55 Å². The SMILES string of the molecule is CS(=O)(=O)OCC1COC(Cn2ccnc2)(c2cccs2)O1. The Balaban J connectivity index is 1.77. The number of rotatable bonds is 6. The lowest BCUT2D eigenvalue weighted by atomic mass is 10.2. The summed E-state index contributed by atoms with van der Waals surface area (Å²) in [5.74, 6) is -0.944. The summed E-state index contributed by atoms with van der Waals surface area (Å²) in [6, 6.07) is 3.85. The van der Waals surface area contributed by atoms with Crippen LogP contribution in [0, 0.1) is 0 Å². The molecule has 0 amide bonds. The minimum Gasteiger partial charge on any atom is -0.341 e. The van der Waals surface area contributed by atoms with Gasteiger partial charge in [-0.2, -0.15) is 8.42 Å². The molecule has 120 valence electrons. The van der Waals surface area contributed by atoms with Gasteiger partial charge in [0, 0.05) is 12.4 Å². The van der Waals surface area contributed by atoms with Gasteiger partial charge in [0.15, 0.2) is 0 Å². The third-order valence-electron chi connectivity index (χ3n) is 3.17. The molecule has 9 heteroatoms. The fraction of sp³-hybridized carbons (Fsp3) is 0.462. The average molecular weight is 344 g/mol. The van der Waals surface area contributed by atoms with E-state index in [-0.39, 0.29) is 13.2 Å². The van der Waals surface area contributed by atoms with Crippen LogP contribution < -0.4 is 0 Å². The highest BCUT2D eigenvalue weighted by molar-refractivity contribution is 7.85. The summed E-state index contributed by atoms with van der Waals surface area (Å²) in [6.45, 7) is 0.640. The molecule has 0 bridgehead atoms. The van der Waals surface area contributed by atoms with Crippen molar-refractivity contribution >= 4 is 21.5 Å². The van der Waals surface area contributed by atoms with Gasteiger partial charge in [-0.1, -0.05) is 6.07 Å². The smallest absolute Gasteiger partial charge is 0.264 e. The Morgan fingerprint density at radius 3 is 3.09 bits per heavy atom. The van der Waals surface area contributed by atoms with E-state index in [0.717, 1.165) is 11.1 Å². The topological polar surface area (TPSA) is 79.7 Å². The lowest BCUT2D eigenvalue weighted by Gasteiger charge is -2.27. The van der Waals surface area contributed by atoms with Crippen molar-refractivity contribution in [2.24, 2.45) is 0 Å². The maximum absolute atomic E-state index is 11.1. The molecule has 1 fully saturated rings. The Morgan fingerprint density at radius 2 is 2.45 bits per heavy atom. The lowest BCUT2D eigenvalue weighted by Crippen LogP contribution is -2.33. The zero-order valence-corrected chi connectivity index (χ0v) is 13.5. The molecule has 0 saturated carbocycles. The molecule has 7 nitrogen and oxygen atoms in total. The van der Waals surface area contributed by atoms with Gasteiger partial charge in [0.05, 0.1) is 37.2 Å². The predicted octanol–water partition coefficient (Wildman–Crippen LogP) is 1.19. The molecule has 3 heterocycles. The zero-order valence-electron chi connectivity index (χ0n) is 11.9. The molecule has 2 aromatic heterocycles. The van der Waals surface area contributed by atoms with Gasteiger partial charge in [-0.3, -0.25) is 4.18 Å². The summed E-state index contributed by atoms with van der Waals surface area (Å²) in [6.07, 6.45) is 5.76. The number of imidazole rings is 1. The fourth-order valence-electron chi connectivity index (χ4n) is 2.25. The van der Waals surface area contributed by atoms with Crippen LogP contribution in [0.1, 0.15) is 4.88 Å². The molecule has 1 saturated heterocycles. The molecule has 0 N–H and O–H groups in total. The van der Waals surface area contributed by atoms with Crippen LogP contribution in [0.25, 0.3) is 0 Å². The molecular weight excluding hydrogens is 328 g/mol. The fourth-order valence-corrected chi connectivity index (χ4v) is 3.46. The summed E-state index contributed by atoms with van der Waals surface area (Å²) in [5, 5.41) is 1.94. The van der Waals surface area contributed by atoms with Crippen LogP contribution in [0.2, 0.25) is 0 Å². The van der Waals surface area contributed by atoms with Crippen LogP contribution in [0.3, 0.4) is 0 Å². The summed E-state index contributed by atoms with van der Waals surface area (Å²) in [7, 11) is -3.50. The van der Waals surface area contributed by atoms with Crippen LogP contribution in [0.5, 0.6) is 0 Å². The second-order valence-corrected chi connectivity index (χ2v) is 7.60. The van der Waals surface area contributed by atoms with Crippen LogP contribution in [0.15, 0.2) is 36.2 Å². The first-order valence-electron chi connectivity index (χ1n) is 6.63. The first-order valence-corrected chi connectivity index (χ1v) is 9.32. The number of hydrogen-bond donors (Lipinski definition) is 0. The van der Waals surface area contributed by atoms with Crippen molar-refractivity contribution in [2.75, 3.05) is 19.5 Å². The van der Waals surface area contributed by atoms with Crippen LogP contribution in [-0.4, -0.2) is 43.5 Å². The molecule has 2 unspecified atom stereocenters. The van der Waals surface area contributed by atoms with E-state index in [0.29, 0.717) is 6.54 Å². The lowest BCUT2D eigenvalue weighted by molar-refractivity contribution is -0.186. The molecule has 1 aliphatic rings. The Kier molecular flexibility index (Phi) is 4.33. The van der Waals surface area contributed by atoms with Gasteiger partial charge in [0.2, 0.25) is 5.79 Å². The molecule has 3 rings (SSSR count). The Labute approximate surface area is 132 Å². The molecular formula is C13H16N2O5S2. The molecule has 2 atom stereocenters. The molecule has 0 radical (unpaired) electrons. The predicted molar refractivity (Wildman–Crippen MR) is 79.8 cm³/mol. The zero-order chi connectivity index (χ0) is 15.6. The first-order chi connectivity index (χ1) is 10.5. The number of ether oxygens (including phenoxy) is 2. The quantitative estimate of drug-likeness (QED) is 0.733. The average Bonchev–Trinajstić information content (AvgIpc) is 3.18. The Morgan fingerprint density at radius 1 is 1.59 bits per heavy atom. The normalized spacial score (nSPS) is 25.6. The highest BCUT2D eigenvalue weighted by atomic mass is 32.2. The Hall–Kier alpha value is -1.26. The molecule has 0 spiro atoms. The van der Waals surface area contributed by atoms with Crippen LogP contribution in [0.4, 0.5) is 0 Å². The van der Waals surface area contributed by atoms with E-state index in [9.17, 15) is 8.42 Å². The van der Waals surface area contributed by atoms with Crippen molar-refractivity contribution in [1.29, 1.82) is 0 Å². The molecule has 0 aromatic carbocycles. The second kappa shape index (κ2) is 6.09. The second-order valence-electron chi connectivity index (χ2n) is 5.00. The van der Waals surface area contributed by atoms with Crippen molar-refractivity contribution in [3.05, 3.63) is 41.1 Å². The van der Waals surface area contributed by atoms with Gasteiger partial charge in [-0.25, -0.2) is 4.98 Å². The van der Waals surface area contributed by atoms with E-state index >= 15 is 0 Å². The van der Waals surface area contributed by atoms with Crippen LogP contribution >= 0.6 is 11.3 Å². The standard InChI is InChI=1S/C13H16N2O5S2/c1-22(16,17)19-8-11-7-18-13(20-11,12-3-2-6-21-12)9-15-5-4-14-10-15/h2-6,10-11H,7-9H2,1H3. The first kappa shape index (κ1) is 15.6. The third kappa shape index (κ3) is 3.55. The van der Waals surface area contributed by atoms with E-state index in [2.05, 4.69) is 4.98 Å². The van der Waals surface area contributed by atoms with Gasteiger partial charge in [-0.05, 0) is 11.4 Å². The molecule has 0 aliphatic carbocycles. The van der Waals surface area contributed by atoms with E-state index in [1.807, 2.05) is 28.3 Å². The van der Waals surface area contributed by atoms with Crippen LogP contribution in [-0.2, 0) is 36.1 Å². The monoisotopic (exact) mass is 344 g/mol. The van der Waals surface area contributed by atoms with E-state index in [1.54, 1.807) is 12.5 Å². The summed E-state index contributed by atoms with van der Waals surface area (Å²) < 4.78 is 40.8. The summed E-state index contributed by atoms with van der Waals surface area (Å²) >= 11 is 1.52. The van der Waals surface area contributed by atoms with E-state index < -0.39 is 22.0 Å². The highest BCUT2D eigenvalue weighted by Crippen LogP contribution is 2.38. The van der Waals surface area contributed by atoms with E-state index in [4.69, 9.17) is 13.7 Å². The Bertz CT molecular complexity index is 699. The number of nitrogens with zero attached hydrogens (tertiary/aromatic N) is 2. The van der Waals surface area contributed by atoms with Gasteiger partial charge >= 0.3 is 0 Å². The number of aromatic nitrogens is 2. The van der Waals surface area contributed by atoms with E-state index in [1.165, 1.54) is 11.3 Å². The van der Waals surface area contributed by atoms with Gasteiger partial charge in [0.25, 0.3) is 10.1 Å². The molecule has 2 aromatic rings. The molecule has 22 heavy (non-hydrogen) atoms. The maximum atomic E-state index is 11.1. The third-order valence-corrected chi connectivity index (χ3v) is 4.73. The van der Waals surface area contributed by atoms with Crippen molar-refractivity contribution in [2.45, 2.75) is 18.4 Å². The van der Waals surface area contributed by atoms with Gasteiger partial charge in [-0.15, -0.1) is 11.3 Å². The summed E-state index contributed by atoms with van der Waals surface area (Å²) in [5.41, 5.74) is 0. The van der Waals surface area contributed by atoms with Gasteiger partial charge in [0.1, 0.15) is 6.10 Å². The minimum absolute atomic E-state index is 0.0596.